The second-order valence-corrected chi connectivity index (χ2v) is 9.94. The van der Waals surface area contributed by atoms with Crippen LogP contribution in [0.4, 0.5) is 0 Å². The second kappa shape index (κ2) is 10.7. The van der Waals surface area contributed by atoms with Crippen molar-refractivity contribution in [1.82, 2.24) is 14.3 Å². The molecule has 174 valence electrons. The smallest absolute Gasteiger partial charge is 0.261 e. The first kappa shape index (κ1) is 25.5. The van der Waals surface area contributed by atoms with Gasteiger partial charge in [0.2, 0.25) is 5.91 Å². The summed E-state index contributed by atoms with van der Waals surface area (Å²) in [5.41, 5.74) is 6.49. The summed E-state index contributed by atoms with van der Waals surface area (Å²) < 4.78 is 28.0. The second-order valence-electron chi connectivity index (χ2n) is 8.47. The number of pyridine rings is 1. The molecular formula is C24H33N3O4S. The number of hydrogen-bond acceptors (Lipinski definition) is 4. The van der Waals surface area contributed by atoms with Gasteiger partial charge in [0.15, 0.2) is 0 Å². The molecule has 3 aromatic rings. The maximum absolute atomic E-state index is 12.5. The molecule has 0 radical (unpaired) electrons. The molecule has 8 heteroatoms. The summed E-state index contributed by atoms with van der Waals surface area (Å²) in [6.45, 7) is 8.92. The topological polar surface area (TPSA) is 92.0 Å². The molecule has 0 saturated heterocycles. The van der Waals surface area contributed by atoms with Gasteiger partial charge in [0.1, 0.15) is 5.65 Å². The molecule has 2 aromatic heterocycles. The van der Waals surface area contributed by atoms with Crippen LogP contribution in [0.25, 0.3) is 16.9 Å². The predicted molar refractivity (Wildman–Crippen MR) is 128 cm³/mol. The van der Waals surface area contributed by atoms with E-state index in [4.69, 9.17) is 9.54 Å². The molecule has 0 saturated carbocycles. The highest BCUT2D eigenvalue weighted by atomic mass is 32.2. The summed E-state index contributed by atoms with van der Waals surface area (Å²) in [6.07, 6.45) is 4.39. The first-order valence-corrected chi connectivity index (χ1v) is 12.5. The lowest BCUT2D eigenvalue weighted by atomic mass is 10.1. The minimum atomic E-state index is -3.67. The van der Waals surface area contributed by atoms with Crippen LogP contribution in [0.1, 0.15) is 44.0 Å². The van der Waals surface area contributed by atoms with E-state index in [1.54, 1.807) is 0 Å². The number of nitrogens with zero attached hydrogens (tertiary/aromatic N) is 3. The van der Waals surface area contributed by atoms with Crippen LogP contribution >= 0.6 is 0 Å². The van der Waals surface area contributed by atoms with Crippen molar-refractivity contribution in [1.29, 1.82) is 0 Å². The van der Waals surface area contributed by atoms with Crippen molar-refractivity contribution in [2.75, 3.05) is 13.3 Å². The maximum atomic E-state index is 12.5. The number of carbonyl (C=O) groups excluding carboxylic acids is 1. The molecule has 0 bridgehead atoms. The van der Waals surface area contributed by atoms with Crippen LogP contribution in [0.15, 0.2) is 42.6 Å². The Morgan fingerprint density at radius 3 is 2.28 bits per heavy atom. The average Bonchev–Trinajstić information content (AvgIpc) is 3.04. The van der Waals surface area contributed by atoms with E-state index in [1.807, 2.05) is 18.0 Å². The summed E-state index contributed by atoms with van der Waals surface area (Å²) in [7, 11) is -1.79. The van der Waals surface area contributed by atoms with E-state index < -0.39 is 10.1 Å². The van der Waals surface area contributed by atoms with Gasteiger partial charge in [-0.25, -0.2) is 4.98 Å². The highest BCUT2D eigenvalue weighted by Crippen LogP contribution is 2.27. The summed E-state index contributed by atoms with van der Waals surface area (Å²) in [5.74, 6) is 0.519. The van der Waals surface area contributed by atoms with E-state index in [-0.39, 0.29) is 5.91 Å². The normalized spacial score (nSPS) is 11.4. The largest absolute Gasteiger partial charge is 0.340 e. The Bertz CT molecular complexity index is 1160. The molecule has 7 nitrogen and oxygen atoms in total. The number of imidazole rings is 1. The Kier molecular flexibility index (Phi) is 8.58. The first-order valence-electron chi connectivity index (χ1n) is 10.6. The van der Waals surface area contributed by atoms with Crippen molar-refractivity contribution >= 4 is 21.7 Å². The zero-order valence-corrected chi connectivity index (χ0v) is 20.5. The first-order chi connectivity index (χ1) is 14.9. The van der Waals surface area contributed by atoms with E-state index in [0.29, 0.717) is 25.1 Å². The summed E-state index contributed by atoms with van der Waals surface area (Å²) in [4.78, 5) is 19.2. The number of aryl methyl sites for hydroxylation is 2. The Morgan fingerprint density at radius 1 is 1.16 bits per heavy atom. The van der Waals surface area contributed by atoms with Crippen molar-refractivity contribution in [3.05, 3.63) is 59.4 Å². The lowest BCUT2D eigenvalue weighted by Gasteiger charge is -2.19. The molecule has 0 fully saturated rings. The van der Waals surface area contributed by atoms with Crippen LogP contribution in [0, 0.1) is 12.8 Å². The van der Waals surface area contributed by atoms with Gasteiger partial charge >= 0.3 is 0 Å². The Labute approximate surface area is 190 Å². The third-order valence-corrected chi connectivity index (χ3v) is 4.90. The molecule has 32 heavy (non-hydrogen) atoms. The SMILES string of the molecule is CCc1ccc(-c2nc3ccc(C)cn3c2CN(C)C(=O)CC(C)C)cc1.CS(=O)(=O)O. The van der Waals surface area contributed by atoms with Crippen LogP contribution in [0.2, 0.25) is 0 Å². The van der Waals surface area contributed by atoms with Gasteiger partial charge < -0.3 is 9.30 Å². The highest BCUT2D eigenvalue weighted by molar-refractivity contribution is 7.85. The monoisotopic (exact) mass is 459 g/mol. The molecule has 2 heterocycles. The lowest BCUT2D eigenvalue weighted by molar-refractivity contribution is -0.131. The van der Waals surface area contributed by atoms with Crippen molar-refractivity contribution in [2.24, 2.45) is 5.92 Å². The molecule has 0 aliphatic rings. The number of amides is 1. The van der Waals surface area contributed by atoms with E-state index in [1.165, 1.54) is 11.1 Å². The van der Waals surface area contributed by atoms with Crippen LogP contribution in [-0.4, -0.2) is 46.5 Å². The fraction of sp³-hybridized carbons (Fsp3) is 0.417. The molecule has 1 aromatic carbocycles. The quantitative estimate of drug-likeness (QED) is 0.552. The van der Waals surface area contributed by atoms with Gasteiger partial charge in [0, 0.05) is 25.2 Å². The number of carbonyl (C=O) groups is 1. The highest BCUT2D eigenvalue weighted by Gasteiger charge is 2.19. The van der Waals surface area contributed by atoms with Gasteiger partial charge in [-0.1, -0.05) is 51.1 Å². The zero-order valence-electron chi connectivity index (χ0n) is 19.7. The Balaban J connectivity index is 0.000000654. The molecule has 0 spiro atoms. The van der Waals surface area contributed by atoms with E-state index in [9.17, 15) is 13.2 Å². The molecule has 1 N–H and O–H groups in total. The van der Waals surface area contributed by atoms with Crippen molar-refractivity contribution in [3.8, 4) is 11.3 Å². The van der Waals surface area contributed by atoms with Crippen LogP contribution in [0.3, 0.4) is 0 Å². The standard InChI is InChI=1S/C23H29N3O.CH4O3S/c1-6-18-8-10-19(11-9-18)23-20(15-25(5)22(27)13-16(2)3)26-14-17(4)7-12-21(26)24-23;1-5(2,3)4/h7-12,14,16H,6,13,15H2,1-5H3;1H3,(H,2,3,4). The van der Waals surface area contributed by atoms with E-state index >= 15 is 0 Å². The van der Waals surface area contributed by atoms with Gasteiger partial charge in [-0.15, -0.1) is 0 Å². The van der Waals surface area contributed by atoms with Gasteiger partial charge in [0.05, 0.1) is 24.2 Å². The number of fused-ring (bicyclic) bond motifs is 1. The summed E-state index contributed by atoms with van der Waals surface area (Å²) in [5, 5.41) is 0. The van der Waals surface area contributed by atoms with Crippen molar-refractivity contribution in [3.63, 3.8) is 0 Å². The zero-order chi connectivity index (χ0) is 24.1. The number of benzene rings is 1. The Morgan fingerprint density at radius 2 is 1.75 bits per heavy atom. The summed E-state index contributed by atoms with van der Waals surface area (Å²) in [6, 6.07) is 12.7. The Hall–Kier alpha value is -2.71. The maximum Gasteiger partial charge on any atom is 0.261 e. The minimum absolute atomic E-state index is 0.167. The van der Waals surface area contributed by atoms with Crippen LogP contribution in [-0.2, 0) is 27.9 Å². The predicted octanol–water partition coefficient (Wildman–Crippen LogP) is 4.38. The molecule has 0 aliphatic heterocycles. The molecule has 0 aliphatic carbocycles. The fourth-order valence-corrected chi connectivity index (χ4v) is 3.30. The van der Waals surface area contributed by atoms with Gasteiger partial charge in [-0.3, -0.25) is 9.35 Å². The number of aromatic nitrogens is 2. The third kappa shape index (κ3) is 7.46. The number of rotatable bonds is 6. The lowest BCUT2D eigenvalue weighted by Crippen LogP contribution is -2.28. The van der Waals surface area contributed by atoms with Gasteiger partial charge in [-0.05, 0) is 36.5 Å². The summed E-state index contributed by atoms with van der Waals surface area (Å²) >= 11 is 0. The van der Waals surface area contributed by atoms with Crippen LogP contribution < -0.4 is 0 Å². The molecule has 3 rings (SSSR count). The van der Waals surface area contributed by atoms with Gasteiger partial charge in [-0.2, -0.15) is 8.42 Å². The molecule has 0 atom stereocenters. The molecule has 1 amide bonds. The van der Waals surface area contributed by atoms with Gasteiger partial charge in [0.25, 0.3) is 10.1 Å². The number of hydrogen-bond donors (Lipinski definition) is 1. The van der Waals surface area contributed by atoms with Crippen LogP contribution in [0.5, 0.6) is 0 Å². The minimum Gasteiger partial charge on any atom is -0.340 e. The molecular weight excluding hydrogens is 426 g/mol. The average molecular weight is 460 g/mol. The van der Waals surface area contributed by atoms with E-state index in [2.05, 4.69) is 68.6 Å². The van der Waals surface area contributed by atoms with Crippen molar-refractivity contribution in [2.45, 2.75) is 47.1 Å². The van der Waals surface area contributed by atoms with Crippen molar-refractivity contribution < 1.29 is 17.8 Å². The molecule has 0 unspecified atom stereocenters. The fourth-order valence-electron chi connectivity index (χ4n) is 3.30. The third-order valence-electron chi connectivity index (χ3n) is 4.90. The van der Waals surface area contributed by atoms with E-state index in [0.717, 1.165) is 29.0 Å².